The normalized spacial score (nSPS) is 20.1. The van der Waals surface area contributed by atoms with Gasteiger partial charge in [-0.25, -0.2) is 9.59 Å². The minimum atomic E-state index is -1.38. The topological polar surface area (TPSA) is 83.9 Å². The summed E-state index contributed by atoms with van der Waals surface area (Å²) in [7, 11) is 0. The maximum Gasteiger partial charge on any atom is 0.410 e. The molecule has 1 aliphatic rings. The first-order valence-corrected chi connectivity index (χ1v) is 5.91. The number of likely N-dealkylation sites (tertiary alicyclic amines) is 1. The van der Waals surface area contributed by atoms with E-state index in [0.29, 0.717) is 6.42 Å². The van der Waals surface area contributed by atoms with Crippen LogP contribution < -0.4 is 0 Å². The highest BCUT2D eigenvalue weighted by Gasteiger charge is 2.41. The summed E-state index contributed by atoms with van der Waals surface area (Å²) < 4.78 is 5.00. The van der Waals surface area contributed by atoms with E-state index in [1.165, 1.54) is 0 Å². The predicted octanol–water partition coefficient (Wildman–Crippen LogP) is 1.29. The second-order valence-electron chi connectivity index (χ2n) is 5.58. The molecule has 1 atom stereocenters. The first-order valence-electron chi connectivity index (χ1n) is 5.91. The van der Waals surface area contributed by atoms with Crippen LogP contribution in [-0.4, -0.2) is 47.0 Å². The van der Waals surface area contributed by atoms with Crippen LogP contribution in [0.2, 0.25) is 0 Å². The van der Waals surface area contributed by atoms with E-state index >= 15 is 0 Å². The van der Waals surface area contributed by atoms with Crippen LogP contribution in [0.15, 0.2) is 0 Å². The molecule has 0 aromatic carbocycles. The number of rotatable bonds is 3. The fourth-order valence-electron chi connectivity index (χ4n) is 1.67. The van der Waals surface area contributed by atoms with Gasteiger partial charge in [0.1, 0.15) is 0 Å². The zero-order valence-electron chi connectivity index (χ0n) is 10.9. The number of ether oxygens (including phenoxy) is 1. The van der Waals surface area contributed by atoms with Crippen molar-refractivity contribution in [3.05, 3.63) is 0 Å². The zero-order valence-corrected chi connectivity index (χ0v) is 10.9. The lowest BCUT2D eigenvalue weighted by Crippen LogP contribution is -2.43. The Hall–Kier alpha value is -1.59. The number of carboxylic acids is 1. The standard InChI is InChI=1S/C12H19NO5/c1-12(2,3)5-7-18-11(17)13-6-4-8(14)9(13)10(15)16/h9H,4-7H2,1-3H3,(H,15,16). The molecule has 1 heterocycles. The highest BCUT2D eigenvalue weighted by Crippen LogP contribution is 2.19. The molecule has 1 fully saturated rings. The smallest absolute Gasteiger partial charge is 0.410 e. The van der Waals surface area contributed by atoms with Gasteiger partial charge in [0.2, 0.25) is 0 Å². The molecule has 1 unspecified atom stereocenters. The van der Waals surface area contributed by atoms with Gasteiger partial charge in [-0.15, -0.1) is 0 Å². The van der Waals surface area contributed by atoms with E-state index in [1.54, 1.807) is 0 Å². The summed E-state index contributed by atoms with van der Waals surface area (Å²) in [5, 5.41) is 8.89. The molecule has 6 nitrogen and oxygen atoms in total. The Balaban J connectivity index is 2.51. The Labute approximate surface area is 106 Å². The van der Waals surface area contributed by atoms with E-state index < -0.39 is 23.9 Å². The van der Waals surface area contributed by atoms with Gasteiger partial charge in [-0.1, -0.05) is 20.8 Å². The van der Waals surface area contributed by atoms with E-state index in [9.17, 15) is 14.4 Å². The molecule has 1 rings (SSSR count). The van der Waals surface area contributed by atoms with Crippen molar-refractivity contribution >= 4 is 17.8 Å². The number of carbonyl (C=O) groups excluding carboxylic acids is 2. The highest BCUT2D eigenvalue weighted by atomic mass is 16.6. The molecule has 1 N–H and O–H groups in total. The average Bonchev–Trinajstić information content (AvgIpc) is 2.58. The van der Waals surface area contributed by atoms with Crippen LogP contribution in [0.4, 0.5) is 4.79 Å². The van der Waals surface area contributed by atoms with E-state index in [-0.39, 0.29) is 25.0 Å². The van der Waals surface area contributed by atoms with Gasteiger partial charge in [0.15, 0.2) is 11.8 Å². The van der Waals surface area contributed by atoms with Crippen LogP contribution >= 0.6 is 0 Å². The average molecular weight is 257 g/mol. The number of amides is 1. The van der Waals surface area contributed by atoms with Crippen molar-refractivity contribution in [3.63, 3.8) is 0 Å². The second-order valence-corrected chi connectivity index (χ2v) is 5.58. The zero-order chi connectivity index (χ0) is 13.9. The summed E-state index contributed by atoms with van der Waals surface area (Å²) in [6, 6.07) is -1.38. The fourth-order valence-corrected chi connectivity index (χ4v) is 1.67. The van der Waals surface area contributed by atoms with Crippen LogP contribution in [0, 0.1) is 5.41 Å². The number of carbonyl (C=O) groups is 3. The Morgan fingerprint density at radius 2 is 2.06 bits per heavy atom. The Kier molecular flexibility index (Phi) is 4.32. The molecule has 0 aromatic heterocycles. The van der Waals surface area contributed by atoms with Gasteiger partial charge in [0, 0.05) is 13.0 Å². The molecule has 0 aliphatic carbocycles. The quantitative estimate of drug-likeness (QED) is 0.770. The molecule has 0 radical (unpaired) electrons. The van der Waals surface area contributed by atoms with Gasteiger partial charge in [-0.3, -0.25) is 9.69 Å². The summed E-state index contributed by atoms with van der Waals surface area (Å²) in [4.78, 5) is 34.9. The van der Waals surface area contributed by atoms with Crippen molar-refractivity contribution in [1.82, 2.24) is 4.90 Å². The summed E-state index contributed by atoms with van der Waals surface area (Å²) in [5.74, 6) is -1.75. The minimum absolute atomic E-state index is 0.0350. The Morgan fingerprint density at radius 3 is 2.56 bits per heavy atom. The van der Waals surface area contributed by atoms with Crippen molar-refractivity contribution in [1.29, 1.82) is 0 Å². The first kappa shape index (κ1) is 14.5. The molecule has 1 saturated heterocycles. The number of nitrogens with zero attached hydrogens (tertiary/aromatic N) is 1. The molecule has 1 aliphatic heterocycles. The number of aliphatic carboxylic acids is 1. The lowest BCUT2D eigenvalue weighted by atomic mass is 9.93. The molecular formula is C12H19NO5. The maximum atomic E-state index is 11.7. The van der Waals surface area contributed by atoms with Gasteiger partial charge in [0.05, 0.1) is 6.61 Å². The molecule has 1 amide bonds. The van der Waals surface area contributed by atoms with Crippen LogP contribution in [-0.2, 0) is 14.3 Å². The van der Waals surface area contributed by atoms with Crippen molar-refractivity contribution in [3.8, 4) is 0 Å². The Bertz CT molecular complexity index is 358. The number of Topliss-reactive ketones (excluding diaryl/α,β-unsaturated/α-hetero) is 1. The SMILES string of the molecule is CC(C)(C)CCOC(=O)N1CCC(=O)C1C(=O)O. The third kappa shape index (κ3) is 3.72. The van der Waals surface area contributed by atoms with Crippen LogP contribution in [0.5, 0.6) is 0 Å². The van der Waals surface area contributed by atoms with Crippen molar-refractivity contribution in [2.45, 2.75) is 39.7 Å². The van der Waals surface area contributed by atoms with Crippen molar-refractivity contribution in [2.75, 3.05) is 13.2 Å². The second kappa shape index (κ2) is 5.37. The van der Waals surface area contributed by atoms with Crippen molar-refractivity contribution < 1.29 is 24.2 Å². The number of carboxylic acid groups (broad SMARTS) is 1. The van der Waals surface area contributed by atoms with Crippen LogP contribution in [0.1, 0.15) is 33.6 Å². The molecule has 102 valence electrons. The molecule has 0 bridgehead atoms. The van der Waals surface area contributed by atoms with E-state index in [2.05, 4.69) is 0 Å². The van der Waals surface area contributed by atoms with Crippen LogP contribution in [0.3, 0.4) is 0 Å². The molecule has 0 aromatic rings. The summed E-state index contributed by atoms with van der Waals surface area (Å²) in [5.41, 5.74) is 0.0350. The van der Waals surface area contributed by atoms with E-state index in [0.717, 1.165) is 4.90 Å². The highest BCUT2D eigenvalue weighted by molar-refractivity contribution is 6.06. The Morgan fingerprint density at radius 1 is 1.44 bits per heavy atom. The van der Waals surface area contributed by atoms with Gasteiger partial charge in [0.25, 0.3) is 0 Å². The van der Waals surface area contributed by atoms with E-state index in [4.69, 9.17) is 9.84 Å². The molecular weight excluding hydrogens is 238 g/mol. The van der Waals surface area contributed by atoms with E-state index in [1.807, 2.05) is 20.8 Å². The van der Waals surface area contributed by atoms with Crippen LogP contribution in [0.25, 0.3) is 0 Å². The summed E-state index contributed by atoms with van der Waals surface area (Å²) in [6.45, 7) is 6.38. The largest absolute Gasteiger partial charge is 0.479 e. The maximum absolute atomic E-state index is 11.7. The van der Waals surface area contributed by atoms with Gasteiger partial charge in [-0.2, -0.15) is 0 Å². The third-order valence-electron chi connectivity index (χ3n) is 2.76. The lowest BCUT2D eigenvalue weighted by molar-refractivity contribution is -0.144. The molecule has 18 heavy (non-hydrogen) atoms. The summed E-state index contributed by atoms with van der Waals surface area (Å²) >= 11 is 0. The number of hydrogen-bond donors (Lipinski definition) is 1. The van der Waals surface area contributed by atoms with Gasteiger partial charge >= 0.3 is 12.1 Å². The third-order valence-corrected chi connectivity index (χ3v) is 2.76. The molecule has 0 spiro atoms. The molecule has 6 heteroatoms. The summed E-state index contributed by atoms with van der Waals surface area (Å²) in [6.07, 6.45) is 0.0290. The first-order chi connectivity index (χ1) is 8.22. The minimum Gasteiger partial charge on any atom is -0.479 e. The fraction of sp³-hybridized carbons (Fsp3) is 0.750. The predicted molar refractivity (Wildman–Crippen MR) is 63.2 cm³/mol. The number of hydrogen-bond acceptors (Lipinski definition) is 4. The van der Waals surface area contributed by atoms with Gasteiger partial charge in [-0.05, 0) is 11.8 Å². The molecule has 0 saturated carbocycles. The van der Waals surface area contributed by atoms with Gasteiger partial charge < -0.3 is 9.84 Å². The van der Waals surface area contributed by atoms with Crippen molar-refractivity contribution in [2.24, 2.45) is 5.41 Å². The number of ketones is 1. The monoisotopic (exact) mass is 257 g/mol. The lowest BCUT2D eigenvalue weighted by Gasteiger charge is -2.22.